The zero-order valence-corrected chi connectivity index (χ0v) is 9.64. The van der Waals surface area contributed by atoms with Crippen LogP contribution in [0.4, 0.5) is 15.9 Å². The van der Waals surface area contributed by atoms with Gasteiger partial charge in [0.05, 0.1) is 5.56 Å². The van der Waals surface area contributed by atoms with Crippen LogP contribution < -0.4 is 4.90 Å². The van der Waals surface area contributed by atoms with Gasteiger partial charge in [-0.2, -0.15) is 0 Å². The summed E-state index contributed by atoms with van der Waals surface area (Å²) < 4.78 is 13.3. The number of nitrogens with zero attached hydrogens (tertiary/aromatic N) is 2. The monoisotopic (exact) mass is 242 g/mol. The molecule has 0 fully saturated rings. The lowest BCUT2D eigenvalue weighted by atomic mass is 10.1. The van der Waals surface area contributed by atoms with Crippen molar-refractivity contribution < 1.29 is 9.18 Å². The van der Waals surface area contributed by atoms with E-state index in [0.717, 1.165) is 30.5 Å². The lowest BCUT2D eigenvalue weighted by Gasteiger charge is -2.19. The minimum atomic E-state index is -0.274. The Balaban J connectivity index is 2.11. The highest BCUT2D eigenvalue weighted by molar-refractivity contribution is 5.85. The molecule has 0 saturated heterocycles. The zero-order chi connectivity index (χ0) is 12.5. The van der Waals surface area contributed by atoms with Crippen LogP contribution in [0.5, 0.6) is 0 Å². The third-order valence-electron chi connectivity index (χ3n) is 3.14. The fourth-order valence-corrected chi connectivity index (χ4v) is 2.30. The average Bonchev–Trinajstić information content (AvgIpc) is 2.81. The van der Waals surface area contributed by atoms with Crippen LogP contribution in [-0.2, 0) is 6.42 Å². The highest BCUT2D eigenvalue weighted by atomic mass is 19.1. The standard InChI is InChI=1S/C14H11FN2O/c15-12-4-3-10-5-7-17(13(10)8-12)14-11(9-18)2-1-6-16-14/h1-4,6,8-9H,5,7H2. The van der Waals surface area contributed by atoms with Crippen molar-refractivity contribution in [2.45, 2.75) is 6.42 Å². The smallest absolute Gasteiger partial charge is 0.153 e. The minimum Gasteiger partial charge on any atom is -0.325 e. The van der Waals surface area contributed by atoms with Crippen LogP contribution in [0, 0.1) is 5.82 Å². The summed E-state index contributed by atoms with van der Waals surface area (Å²) in [5.41, 5.74) is 2.41. The maximum Gasteiger partial charge on any atom is 0.153 e. The molecule has 0 atom stereocenters. The number of rotatable bonds is 2. The van der Waals surface area contributed by atoms with Crippen LogP contribution in [-0.4, -0.2) is 17.8 Å². The third kappa shape index (κ3) is 1.66. The van der Waals surface area contributed by atoms with Crippen molar-refractivity contribution in [1.82, 2.24) is 4.98 Å². The lowest BCUT2D eigenvalue weighted by molar-refractivity contribution is 0.112. The van der Waals surface area contributed by atoms with E-state index in [0.29, 0.717) is 11.4 Å². The second kappa shape index (κ2) is 4.22. The fourth-order valence-electron chi connectivity index (χ4n) is 2.30. The molecular formula is C14H11FN2O. The first-order valence-corrected chi connectivity index (χ1v) is 5.76. The number of aldehydes is 1. The summed E-state index contributed by atoms with van der Waals surface area (Å²) in [4.78, 5) is 17.1. The maximum absolute atomic E-state index is 13.3. The van der Waals surface area contributed by atoms with Gasteiger partial charge in [0, 0.05) is 18.4 Å². The Morgan fingerprint density at radius 3 is 3.06 bits per heavy atom. The summed E-state index contributed by atoms with van der Waals surface area (Å²) in [5, 5.41) is 0. The second-order valence-corrected chi connectivity index (χ2v) is 4.21. The molecule has 2 heterocycles. The molecule has 0 N–H and O–H groups in total. The summed E-state index contributed by atoms with van der Waals surface area (Å²) in [7, 11) is 0. The average molecular weight is 242 g/mol. The molecular weight excluding hydrogens is 231 g/mol. The number of anilines is 2. The summed E-state index contributed by atoms with van der Waals surface area (Å²) in [6.45, 7) is 0.719. The molecule has 0 spiro atoms. The number of carbonyl (C=O) groups is 1. The van der Waals surface area contributed by atoms with E-state index < -0.39 is 0 Å². The van der Waals surface area contributed by atoms with Crippen LogP contribution in [0.25, 0.3) is 0 Å². The summed E-state index contributed by atoms with van der Waals surface area (Å²) >= 11 is 0. The van der Waals surface area contributed by atoms with Gasteiger partial charge in [-0.25, -0.2) is 9.37 Å². The number of benzene rings is 1. The first kappa shape index (κ1) is 10.9. The first-order chi connectivity index (χ1) is 8.79. The van der Waals surface area contributed by atoms with E-state index in [4.69, 9.17) is 0 Å². The normalized spacial score (nSPS) is 13.5. The molecule has 1 aliphatic rings. The number of halogens is 1. The molecule has 3 nitrogen and oxygen atoms in total. The van der Waals surface area contributed by atoms with Gasteiger partial charge in [-0.05, 0) is 36.2 Å². The van der Waals surface area contributed by atoms with E-state index in [1.54, 1.807) is 24.4 Å². The molecule has 0 aliphatic carbocycles. The van der Waals surface area contributed by atoms with E-state index in [1.165, 1.54) is 12.1 Å². The lowest BCUT2D eigenvalue weighted by Crippen LogP contribution is -2.16. The molecule has 3 rings (SSSR count). The van der Waals surface area contributed by atoms with Crippen LogP contribution >= 0.6 is 0 Å². The molecule has 1 aliphatic heterocycles. The Kier molecular flexibility index (Phi) is 2.55. The molecule has 90 valence electrons. The number of aromatic nitrogens is 1. The topological polar surface area (TPSA) is 33.2 Å². The van der Waals surface area contributed by atoms with Crippen molar-refractivity contribution in [3.8, 4) is 0 Å². The van der Waals surface area contributed by atoms with E-state index >= 15 is 0 Å². The summed E-state index contributed by atoms with van der Waals surface area (Å²) in [6.07, 6.45) is 3.25. The van der Waals surface area contributed by atoms with Crippen molar-refractivity contribution in [3.05, 3.63) is 53.5 Å². The summed E-state index contributed by atoms with van der Waals surface area (Å²) in [6, 6.07) is 8.17. The van der Waals surface area contributed by atoms with Gasteiger partial charge in [-0.15, -0.1) is 0 Å². The Bertz CT molecular complexity index is 612. The maximum atomic E-state index is 13.3. The molecule has 0 unspecified atom stereocenters. The highest BCUT2D eigenvalue weighted by Gasteiger charge is 2.23. The first-order valence-electron chi connectivity index (χ1n) is 5.76. The Hall–Kier alpha value is -2.23. The molecule has 0 bridgehead atoms. The molecule has 4 heteroatoms. The van der Waals surface area contributed by atoms with E-state index in [2.05, 4.69) is 4.98 Å². The van der Waals surface area contributed by atoms with Gasteiger partial charge in [0.25, 0.3) is 0 Å². The van der Waals surface area contributed by atoms with Gasteiger partial charge < -0.3 is 4.90 Å². The number of hydrogen-bond donors (Lipinski definition) is 0. The predicted octanol–water partition coefficient (Wildman–Crippen LogP) is 2.73. The Morgan fingerprint density at radius 1 is 1.33 bits per heavy atom. The van der Waals surface area contributed by atoms with E-state index in [-0.39, 0.29) is 5.82 Å². The van der Waals surface area contributed by atoms with Gasteiger partial charge in [-0.3, -0.25) is 4.79 Å². The van der Waals surface area contributed by atoms with Gasteiger partial charge in [0.15, 0.2) is 6.29 Å². The molecule has 1 aromatic carbocycles. The third-order valence-corrected chi connectivity index (χ3v) is 3.14. The molecule has 1 aromatic heterocycles. The molecule has 0 amide bonds. The Morgan fingerprint density at radius 2 is 2.22 bits per heavy atom. The zero-order valence-electron chi connectivity index (χ0n) is 9.64. The van der Waals surface area contributed by atoms with Crippen LogP contribution in [0.1, 0.15) is 15.9 Å². The van der Waals surface area contributed by atoms with Crippen molar-refractivity contribution in [2.75, 3.05) is 11.4 Å². The number of pyridine rings is 1. The van der Waals surface area contributed by atoms with Crippen LogP contribution in [0.15, 0.2) is 36.5 Å². The molecule has 0 radical (unpaired) electrons. The summed E-state index contributed by atoms with van der Waals surface area (Å²) in [5.74, 6) is 0.320. The minimum absolute atomic E-state index is 0.274. The fraction of sp³-hybridized carbons (Fsp3) is 0.143. The number of carbonyl (C=O) groups excluding carboxylic acids is 1. The molecule has 18 heavy (non-hydrogen) atoms. The second-order valence-electron chi connectivity index (χ2n) is 4.21. The Labute approximate surface area is 104 Å². The molecule has 2 aromatic rings. The van der Waals surface area contributed by atoms with Crippen molar-refractivity contribution in [1.29, 1.82) is 0 Å². The van der Waals surface area contributed by atoms with Crippen LogP contribution in [0.2, 0.25) is 0 Å². The van der Waals surface area contributed by atoms with E-state index in [1.807, 2.05) is 4.90 Å². The van der Waals surface area contributed by atoms with Gasteiger partial charge in [-0.1, -0.05) is 6.07 Å². The SMILES string of the molecule is O=Cc1cccnc1N1CCc2ccc(F)cc21. The van der Waals surface area contributed by atoms with E-state index in [9.17, 15) is 9.18 Å². The molecule has 0 saturated carbocycles. The predicted molar refractivity (Wildman–Crippen MR) is 66.7 cm³/mol. The van der Waals surface area contributed by atoms with Gasteiger partial charge in [0.1, 0.15) is 11.6 Å². The van der Waals surface area contributed by atoms with Crippen LogP contribution in [0.3, 0.4) is 0 Å². The van der Waals surface area contributed by atoms with Crippen molar-refractivity contribution in [3.63, 3.8) is 0 Å². The number of hydrogen-bond acceptors (Lipinski definition) is 3. The van der Waals surface area contributed by atoms with Crippen molar-refractivity contribution in [2.24, 2.45) is 0 Å². The van der Waals surface area contributed by atoms with Crippen molar-refractivity contribution >= 4 is 17.8 Å². The quantitative estimate of drug-likeness (QED) is 0.759. The largest absolute Gasteiger partial charge is 0.325 e. The van der Waals surface area contributed by atoms with Gasteiger partial charge in [0.2, 0.25) is 0 Å². The number of fused-ring (bicyclic) bond motifs is 1. The highest BCUT2D eigenvalue weighted by Crippen LogP contribution is 2.34. The van der Waals surface area contributed by atoms with Gasteiger partial charge >= 0.3 is 0 Å².